The Labute approximate surface area is 152 Å². The minimum atomic E-state index is -0.985. The van der Waals surface area contributed by atoms with Gasteiger partial charge < -0.3 is 14.8 Å². The Kier molecular flexibility index (Phi) is 6.33. The Balaban J connectivity index is 1.91. The van der Waals surface area contributed by atoms with Crippen LogP contribution in [-0.2, 0) is 14.3 Å². The Hall–Kier alpha value is -2.89. The largest absolute Gasteiger partial charge is 0.479 e. The third-order valence-electron chi connectivity index (χ3n) is 3.77. The fourth-order valence-corrected chi connectivity index (χ4v) is 2.19. The van der Waals surface area contributed by atoms with Gasteiger partial charge in [-0.2, -0.15) is 0 Å². The average molecular weight is 359 g/mol. The summed E-state index contributed by atoms with van der Waals surface area (Å²) in [4.78, 5) is 24.4. The lowest BCUT2D eigenvalue weighted by Gasteiger charge is -2.18. The minimum absolute atomic E-state index is 0.336. The summed E-state index contributed by atoms with van der Waals surface area (Å²) in [6.07, 6.45) is -1.92. The van der Waals surface area contributed by atoms with Gasteiger partial charge in [0.05, 0.1) is 0 Å². The summed E-state index contributed by atoms with van der Waals surface area (Å²) < 4.78 is 23.4. The van der Waals surface area contributed by atoms with Gasteiger partial charge in [0.1, 0.15) is 11.6 Å². The summed E-state index contributed by atoms with van der Waals surface area (Å²) in [6, 6.07) is 11.0. The molecule has 0 aliphatic heterocycles. The van der Waals surface area contributed by atoms with Crippen molar-refractivity contribution in [1.82, 2.24) is 0 Å². The summed E-state index contributed by atoms with van der Waals surface area (Å²) in [5, 5.41) is 2.75. The van der Waals surface area contributed by atoms with Gasteiger partial charge >= 0.3 is 5.97 Å². The van der Waals surface area contributed by atoms with Crippen molar-refractivity contribution < 1.29 is 23.5 Å². The number of halogens is 1. The Morgan fingerprint density at radius 3 is 2.31 bits per heavy atom. The molecule has 2 rings (SSSR count). The van der Waals surface area contributed by atoms with Gasteiger partial charge in [-0.3, -0.25) is 4.79 Å². The Morgan fingerprint density at radius 1 is 1.00 bits per heavy atom. The predicted molar refractivity (Wildman–Crippen MR) is 96.6 cm³/mol. The highest BCUT2D eigenvalue weighted by atomic mass is 19.1. The average Bonchev–Trinajstić information content (AvgIpc) is 2.59. The van der Waals surface area contributed by atoms with Gasteiger partial charge in [-0.05, 0) is 69.2 Å². The van der Waals surface area contributed by atoms with Crippen LogP contribution < -0.4 is 10.1 Å². The molecule has 1 N–H and O–H groups in total. The topological polar surface area (TPSA) is 64.6 Å². The fourth-order valence-electron chi connectivity index (χ4n) is 2.19. The highest BCUT2D eigenvalue weighted by molar-refractivity contribution is 5.96. The van der Waals surface area contributed by atoms with E-state index in [0.29, 0.717) is 11.4 Å². The quantitative estimate of drug-likeness (QED) is 0.797. The first kappa shape index (κ1) is 19.4. The number of hydrogen-bond acceptors (Lipinski definition) is 4. The molecule has 0 fully saturated rings. The first-order chi connectivity index (χ1) is 12.3. The molecule has 138 valence electrons. The Bertz CT molecular complexity index is 789. The van der Waals surface area contributed by atoms with Crippen molar-refractivity contribution in [2.45, 2.75) is 39.9 Å². The van der Waals surface area contributed by atoms with Crippen LogP contribution in [0.5, 0.6) is 5.75 Å². The summed E-state index contributed by atoms with van der Waals surface area (Å²) in [5.74, 6) is -1.17. The SMILES string of the molecule is Cc1ccc(C)c(NC(=O)[C@@H](C)OC(=O)[C@H](C)Oc2ccc(F)cc2)c1. The molecule has 5 nitrogen and oxygen atoms in total. The van der Waals surface area contributed by atoms with Gasteiger partial charge in [0.15, 0.2) is 12.2 Å². The number of ether oxygens (including phenoxy) is 2. The van der Waals surface area contributed by atoms with Gasteiger partial charge in [0.2, 0.25) is 0 Å². The van der Waals surface area contributed by atoms with Crippen molar-refractivity contribution >= 4 is 17.6 Å². The van der Waals surface area contributed by atoms with E-state index in [4.69, 9.17) is 9.47 Å². The molecule has 6 heteroatoms. The van der Waals surface area contributed by atoms with Crippen molar-refractivity contribution in [1.29, 1.82) is 0 Å². The van der Waals surface area contributed by atoms with Crippen LogP contribution >= 0.6 is 0 Å². The van der Waals surface area contributed by atoms with Crippen LogP contribution in [-0.4, -0.2) is 24.1 Å². The number of esters is 1. The number of nitrogens with one attached hydrogen (secondary N) is 1. The number of carbonyl (C=O) groups is 2. The second-order valence-electron chi connectivity index (χ2n) is 6.10. The molecule has 2 aromatic rings. The number of benzene rings is 2. The van der Waals surface area contributed by atoms with E-state index in [2.05, 4.69) is 5.32 Å². The molecule has 0 aromatic heterocycles. The smallest absolute Gasteiger partial charge is 0.347 e. The number of aryl methyl sites for hydroxylation is 2. The molecule has 0 spiro atoms. The second-order valence-corrected chi connectivity index (χ2v) is 6.10. The normalized spacial score (nSPS) is 12.8. The fraction of sp³-hybridized carbons (Fsp3) is 0.300. The van der Waals surface area contributed by atoms with Crippen molar-refractivity contribution in [3.63, 3.8) is 0 Å². The van der Waals surface area contributed by atoms with Crippen LogP contribution in [0.4, 0.5) is 10.1 Å². The van der Waals surface area contributed by atoms with Gasteiger partial charge in [0, 0.05) is 5.69 Å². The van der Waals surface area contributed by atoms with E-state index in [9.17, 15) is 14.0 Å². The molecule has 26 heavy (non-hydrogen) atoms. The van der Waals surface area contributed by atoms with Gasteiger partial charge in [-0.1, -0.05) is 12.1 Å². The molecule has 0 aliphatic rings. The van der Waals surface area contributed by atoms with Gasteiger partial charge in [-0.25, -0.2) is 9.18 Å². The molecule has 0 saturated carbocycles. The predicted octanol–water partition coefficient (Wildman–Crippen LogP) is 3.78. The summed E-state index contributed by atoms with van der Waals surface area (Å²) >= 11 is 0. The maximum atomic E-state index is 12.9. The zero-order valence-corrected chi connectivity index (χ0v) is 15.2. The summed E-state index contributed by atoms with van der Waals surface area (Å²) in [7, 11) is 0. The molecular weight excluding hydrogens is 337 g/mol. The lowest BCUT2D eigenvalue weighted by Crippen LogP contribution is -2.35. The number of anilines is 1. The zero-order valence-electron chi connectivity index (χ0n) is 15.2. The lowest BCUT2D eigenvalue weighted by atomic mass is 10.1. The van der Waals surface area contributed by atoms with Crippen LogP contribution in [0.3, 0.4) is 0 Å². The zero-order chi connectivity index (χ0) is 19.3. The monoisotopic (exact) mass is 359 g/mol. The number of hydrogen-bond donors (Lipinski definition) is 1. The summed E-state index contributed by atoms with van der Waals surface area (Å²) in [6.45, 7) is 6.79. The third kappa shape index (κ3) is 5.31. The van der Waals surface area contributed by atoms with Crippen LogP contribution in [0.25, 0.3) is 0 Å². The molecule has 2 atom stereocenters. The van der Waals surface area contributed by atoms with Crippen molar-refractivity contribution in [3.05, 3.63) is 59.4 Å². The molecular formula is C20H22FNO4. The maximum absolute atomic E-state index is 12.9. The van der Waals surface area contributed by atoms with Gasteiger partial charge in [-0.15, -0.1) is 0 Å². The highest BCUT2D eigenvalue weighted by Crippen LogP contribution is 2.17. The van der Waals surface area contributed by atoms with E-state index in [-0.39, 0.29) is 0 Å². The highest BCUT2D eigenvalue weighted by Gasteiger charge is 2.23. The maximum Gasteiger partial charge on any atom is 0.347 e. The van der Waals surface area contributed by atoms with Crippen molar-refractivity contribution in [2.75, 3.05) is 5.32 Å². The van der Waals surface area contributed by atoms with Crippen LogP contribution in [0.15, 0.2) is 42.5 Å². The molecule has 0 heterocycles. The molecule has 2 aromatic carbocycles. The van der Waals surface area contributed by atoms with Crippen LogP contribution in [0.1, 0.15) is 25.0 Å². The standard InChI is InChI=1S/C20H22FNO4/c1-12-5-6-13(2)18(11-12)22-19(23)14(3)26-20(24)15(4)25-17-9-7-16(21)8-10-17/h5-11,14-15H,1-4H3,(H,22,23)/t14-,15+/m1/s1. The summed E-state index contributed by atoms with van der Waals surface area (Å²) in [5.41, 5.74) is 2.60. The van der Waals surface area contributed by atoms with E-state index in [1.165, 1.54) is 38.1 Å². The van der Waals surface area contributed by atoms with E-state index < -0.39 is 29.9 Å². The molecule has 0 saturated heterocycles. The van der Waals surface area contributed by atoms with Crippen molar-refractivity contribution in [3.8, 4) is 5.75 Å². The van der Waals surface area contributed by atoms with Crippen molar-refractivity contribution in [2.24, 2.45) is 0 Å². The van der Waals surface area contributed by atoms with E-state index in [0.717, 1.165) is 11.1 Å². The molecule has 1 amide bonds. The second kappa shape index (κ2) is 8.47. The molecule has 0 radical (unpaired) electrons. The number of rotatable bonds is 6. The minimum Gasteiger partial charge on any atom is -0.479 e. The third-order valence-corrected chi connectivity index (χ3v) is 3.77. The number of carbonyl (C=O) groups excluding carboxylic acids is 2. The van der Waals surface area contributed by atoms with E-state index >= 15 is 0 Å². The lowest BCUT2D eigenvalue weighted by molar-refractivity contribution is -0.159. The van der Waals surface area contributed by atoms with Crippen LogP contribution in [0.2, 0.25) is 0 Å². The first-order valence-electron chi connectivity index (χ1n) is 8.27. The van der Waals surface area contributed by atoms with E-state index in [1.54, 1.807) is 0 Å². The molecule has 0 bridgehead atoms. The molecule has 0 unspecified atom stereocenters. The van der Waals surface area contributed by atoms with Gasteiger partial charge in [0.25, 0.3) is 5.91 Å². The first-order valence-corrected chi connectivity index (χ1v) is 8.27. The Morgan fingerprint density at radius 2 is 1.65 bits per heavy atom. The number of amides is 1. The van der Waals surface area contributed by atoms with E-state index in [1.807, 2.05) is 32.0 Å². The molecule has 0 aliphatic carbocycles. The van der Waals surface area contributed by atoms with Crippen LogP contribution in [0, 0.1) is 19.7 Å².